The van der Waals surface area contributed by atoms with Crippen LogP contribution in [0.15, 0.2) is 18.2 Å². The second-order valence-corrected chi connectivity index (χ2v) is 6.97. The van der Waals surface area contributed by atoms with Gasteiger partial charge in [-0.05, 0) is 50.2 Å². The zero-order valence-electron chi connectivity index (χ0n) is 13.8. The van der Waals surface area contributed by atoms with Crippen molar-refractivity contribution in [1.82, 2.24) is 5.32 Å². The Balaban J connectivity index is 2.01. The highest BCUT2D eigenvalue weighted by atomic mass is 15.1. The molecule has 1 atom stereocenters. The molecule has 1 unspecified atom stereocenters. The lowest BCUT2D eigenvalue weighted by atomic mass is 9.86. The monoisotopic (exact) mass is 274 g/mol. The molecule has 112 valence electrons. The SMILES string of the molecule is CCC(C)(CNC1CC1)CN(C)c1ccc(C)cc1C. The van der Waals surface area contributed by atoms with Crippen molar-refractivity contribution in [3.05, 3.63) is 29.3 Å². The molecule has 0 aliphatic heterocycles. The minimum Gasteiger partial charge on any atom is -0.374 e. The quantitative estimate of drug-likeness (QED) is 0.811. The molecule has 20 heavy (non-hydrogen) atoms. The summed E-state index contributed by atoms with van der Waals surface area (Å²) in [6.07, 6.45) is 3.95. The molecular weight excluding hydrogens is 244 g/mol. The van der Waals surface area contributed by atoms with E-state index < -0.39 is 0 Å². The first-order valence-corrected chi connectivity index (χ1v) is 7.95. The van der Waals surface area contributed by atoms with Crippen LogP contribution in [-0.2, 0) is 0 Å². The van der Waals surface area contributed by atoms with Crippen molar-refractivity contribution in [2.75, 3.05) is 25.0 Å². The topological polar surface area (TPSA) is 15.3 Å². The van der Waals surface area contributed by atoms with Crippen molar-refractivity contribution in [3.63, 3.8) is 0 Å². The lowest BCUT2D eigenvalue weighted by Crippen LogP contribution is -2.41. The molecule has 1 saturated carbocycles. The van der Waals surface area contributed by atoms with Crippen LogP contribution in [0.3, 0.4) is 0 Å². The molecule has 0 saturated heterocycles. The predicted octanol–water partition coefficient (Wildman–Crippen LogP) is 3.91. The van der Waals surface area contributed by atoms with Crippen molar-refractivity contribution >= 4 is 5.69 Å². The van der Waals surface area contributed by atoms with E-state index in [9.17, 15) is 0 Å². The van der Waals surface area contributed by atoms with Gasteiger partial charge < -0.3 is 10.2 Å². The fourth-order valence-corrected chi connectivity index (χ4v) is 2.86. The smallest absolute Gasteiger partial charge is 0.0393 e. The van der Waals surface area contributed by atoms with E-state index in [1.807, 2.05) is 0 Å². The third-order valence-corrected chi connectivity index (χ3v) is 4.63. The number of benzene rings is 1. The van der Waals surface area contributed by atoms with E-state index in [-0.39, 0.29) is 0 Å². The summed E-state index contributed by atoms with van der Waals surface area (Å²) in [4.78, 5) is 2.42. The molecule has 1 N–H and O–H groups in total. The summed E-state index contributed by atoms with van der Waals surface area (Å²) in [7, 11) is 2.22. The van der Waals surface area contributed by atoms with E-state index in [0.717, 1.165) is 19.1 Å². The molecule has 1 fully saturated rings. The van der Waals surface area contributed by atoms with Crippen LogP contribution in [-0.4, -0.2) is 26.2 Å². The number of nitrogens with zero attached hydrogens (tertiary/aromatic N) is 1. The summed E-state index contributed by atoms with van der Waals surface area (Å²) in [6, 6.07) is 7.55. The van der Waals surface area contributed by atoms with Gasteiger partial charge in [0.05, 0.1) is 0 Å². The van der Waals surface area contributed by atoms with Crippen molar-refractivity contribution in [2.24, 2.45) is 5.41 Å². The summed E-state index contributed by atoms with van der Waals surface area (Å²) in [5.41, 5.74) is 4.42. The highest BCUT2D eigenvalue weighted by Crippen LogP contribution is 2.28. The average Bonchev–Trinajstić information content (AvgIpc) is 3.20. The average molecular weight is 274 g/mol. The van der Waals surface area contributed by atoms with E-state index in [1.165, 1.54) is 36.1 Å². The molecule has 0 spiro atoms. The van der Waals surface area contributed by atoms with Crippen molar-refractivity contribution in [1.29, 1.82) is 0 Å². The van der Waals surface area contributed by atoms with Crippen LogP contribution in [0.25, 0.3) is 0 Å². The van der Waals surface area contributed by atoms with Crippen molar-refractivity contribution < 1.29 is 0 Å². The van der Waals surface area contributed by atoms with Crippen LogP contribution in [0, 0.1) is 19.3 Å². The van der Waals surface area contributed by atoms with Crippen LogP contribution in [0.5, 0.6) is 0 Å². The largest absolute Gasteiger partial charge is 0.374 e. The summed E-state index contributed by atoms with van der Waals surface area (Å²) in [6.45, 7) is 11.3. The lowest BCUT2D eigenvalue weighted by Gasteiger charge is -2.35. The molecule has 0 radical (unpaired) electrons. The zero-order valence-corrected chi connectivity index (χ0v) is 13.8. The molecule has 0 aromatic heterocycles. The number of anilines is 1. The van der Waals surface area contributed by atoms with Gasteiger partial charge in [-0.1, -0.05) is 31.5 Å². The van der Waals surface area contributed by atoms with Gasteiger partial charge >= 0.3 is 0 Å². The Morgan fingerprint density at radius 3 is 2.55 bits per heavy atom. The van der Waals surface area contributed by atoms with Crippen molar-refractivity contribution in [3.8, 4) is 0 Å². The van der Waals surface area contributed by atoms with Gasteiger partial charge in [-0.2, -0.15) is 0 Å². The number of nitrogens with one attached hydrogen (secondary N) is 1. The van der Waals surface area contributed by atoms with Gasteiger partial charge in [0.15, 0.2) is 0 Å². The maximum atomic E-state index is 3.70. The van der Waals surface area contributed by atoms with Gasteiger partial charge in [-0.3, -0.25) is 0 Å². The van der Waals surface area contributed by atoms with Crippen LogP contribution < -0.4 is 10.2 Å². The summed E-state index contributed by atoms with van der Waals surface area (Å²) in [5.74, 6) is 0. The molecular formula is C18H30N2. The molecule has 1 aromatic carbocycles. The Morgan fingerprint density at radius 2 is 2.00 bits per heavy atom. The minimum absolute atomic E-state index is 0.342. The van der Waals surface area contributed by atoms with Gasteiger partial charge in [0.25, 0.3) is 0 Å². The molecule has 1 aliphatic rings. The fraction of sp³-hybridized carbons (Fsp3) is 0.667. The standard InChI is InChI=1S/C18H30N2/c1-6-18(4,12-19-16-8-9-16)13-20(5)17-10-7-14(2)11-15(17)3/h7,10-11,16,19H,6,8-9,12-13H2,1-5H3. The first kappa shape index (κ1) is 15.4. The van der Waals surface area contributed by atoms with Crippen LogP contribution in [0.4, 0.5) is 5.69 Å². The lowest BCUT2D eigenvalue weighted by molar-refractivity contribution is 0.298. The Hall–Kier alpha value is -1.02. The van der Waals surface area contributed by atoms with Gasteiger partial charge in [-0.15, -0.1) is 0 Å². The van der Waals surface area contributed by atoms with Crippen LogP contribution >= 0.6 is 0 Å². The molecule has 1 aromatic rings. The van der Waals surface area contributed by atoms with Gasteiger partial charge in [-0.25, -0.2) is 0 Å². The second kappa shape index (κ2) is 6.17. The zero-order chi connectivity index (χ0) is 14.8. The first-order chi connectivity index (χ1) is 9.43. The van der Waals surface area contributed by atoms with E-state index in [0.29, 0.717) is 5.41 Å². The van der Waals surface area contributed by atoms with Crippen molar-refractivity contribution in [2.45, 2.75) is 53.0 Å². The molecule has 0 bridgehead atoms. The summed E-state index contributed by atoms with van der Waals surface area (Å²) >= 11 is 0. The molecule has 0 heterocycles. The molecule has 0 amide bonds. The van der Waals surface area contributed by atoms with E-state index >= 15 is 0 Å². The maximum absolute atomic E-state index is 3.70. The van der Waals surface area contributed by atoms with Gasteiger partial charge in [0.2, 0.25) is 0 Å². The van der Waals surface area contributed by atoms with Gasteiger partial charge in [0, 0.05) is 31.9 Å². The van der Waals surface area contributed by atoms with Crippen LogP contribution in [0.2, 0.25) is 0 Å². The molecule has 2 nitrogen and oxygen atoms in total. The maximum Gasteiger partial charge on any atom is 0.0393 e. The number of rotatable bonds is 7. The molecule has 1 aliphatic carbocycles. The Kier molecular flexibility index (Phi) is 4.74. The number of hydrogen-bond acceptors (Lipinski definition) is 2. The number of hydrogen-bond donors (Lipinski definition) is 1. The summed E-state index contributed by atoms with van der Waals surface area (Å²) in [5, 5.41) is 3.70. The molecule has 2 rings (SSSR count). The predicted molar refractivity (Wildman–Crippen MR) is 88.6 cm³/mol. The second-order valence-electron chi connectivity index (χ2n) is 6.97. The Bertz CT molecular complexity index is 451. The highest BCUT2D eigenvalue weighted by molar-refractivity contribution is 5.53. The third-order valence-electron chi connectivity index (χ3n) is 4.63. The fourth-order valence-electron chi connectivity index (χ4n) is 2.86. The van der Waals surface area contributed by atoms with E-state index in [1.54, 1.807) is 0 Å². The Morgan fingerprint density at radius 1 is 1.30 bits per heavy atom. The van der Waals surface area contributed by atoms with E-state index in [4.69, 9.17) is 0 Å². The Labute approximate surface area is 124 Å². The summed E-state index contributed by atoms with van der Waals surface area (Å²) < 4.78 is 0. The van der Waals surface area contributed by atoms with Crippen LogP contribution in [0.1, 0.15) is 44.2 Å². The van der Waals surface area contributed by atoms with E-state index in [2.05, 4.69) is 63.2 Å². The highest BCUT2D eigenvalue weighted by Gasteiger charge is 2.28. The first-order valence-electron chi connectivity index (χ1n) is 7.95. The minimum atomic E-state index is 0.342. The third kappa shape index (κ3) is 3.99. The molecule has 2 heteroatoms. The normalized spacial score (nSPS) is 17.9. The van der Waals surface area contributed by atoms with Gasteiger partial charge in [0.1, 0.15) is 0 Å². The number of aryl methyl sites for hydroxylation is 2.